The Labute approximate surface area is 123 Å². The molecule has 108 valence electrons. The van der Waals surface area contributed by atoms with Gasteiger partial charge < -0.3 is 5.32 Å². The Morgan fingerprint density at radius 3 is 2.67 bits per heavy atom. The van der Waals surface area contributed by atoms with Gasteiger partial charge in [-0.25, -0.2) is 4.98 Å². The first-order valence-electron chi connectivity index (χ1n) is 7.12. The fourth-order valence-electron chi connectivity index (χ4n) is 2.69. The molecular weight excluding hydrogens is 266 g/mol. The van der Waals surface area contributed by atoms with Crippen LogP contribution in [0.2, 0.25) is 0 Å². The van der Waals surface area contributed by atoms with Crippen molar-refractivity contribution in [3.05, 3.63) is 52.1 Å². The fourth-order valence-corrected chi connectivity index (χ4v) is 2.69. The molecule has 1 N–H and O–H groups in total. The topological polar surface area (TPSA) is 68.1 Å². The van der Waals surface area contributed by atoms with E-state index in [-0.39, 0.29) is 10.6 Å². The van der Waals surface area contributed by atoms with Crippen molar-refractivity contribution in [2.24, 2.45) is 0 Å². The van der Waals surface area contributed by atoms with Gasteiger partial charge in [-0.1, -0.05) is 30.7 Å². The van der Waals surface area contributed by atoms with E-state index in [0.29, 0.717) is 17.4 Å². The zero-order valence-corrected chi connectivity index (χ0v) is 11.9. The smallest absolute Gasteiger partial charge is 0.275 e. The van der Waals surface area contributed by atoms with E-state index >= 15 is 0 Å². The highest BCUT2D eigenvalue weighted by molar-refractivity contribution is 5.69. The zero-order chi connectivity index (χ0) is 14.8. The molecule has 1 fully saturated rings. The summed E-state index contributed by atoms with van der Waals surface area (Å²) in [7, 11) is 1.72. The molecule has 3 rings (SSSR count). The largest absolute Gasteiger partial charge is 0.373 e. The van der Waals surface area contributed by atoms with Crippen LogP contribution in [0.1, 0.15) is 30.7 Å². The van der Waals surface area contributed by atoms with E-state index in [4.69, 9.17) is 0 Å². The summed E-state index contributed by atoms with van der Waals surface area (Å²) >= 11 is 0. The van der Waals surface area contributed by atoms with Gasteiger partial charge in [0, 0.05) is 18.7 Å². The first-order valence-corrected chi connectivity index (χ1v) is 7.12. The third-order valence-corrected chi connectivity index (χ3v) is 4.06. The Kier molecular flexibility index (Phi) is 3.56. The van der Waals surface area contributed by atoms with Crippen LogP contribution in [0.4, 0.5) is 11.5 Å². The Morgan fingerprint density at radius 1 is 1.29 bits per heavy atom. The van der Waals surface area contributed by atoms with Gasteiger partial charge in [0.25, 0.3) is 5.69 Å². The Morgan fingerprint density at radius 2 is 2.05 bits per heavy atom. The van der Waals surface area contributed by atoms with Crippen molar-refractivity contribution in [1.82, 2.24) is 4.98 Å². The summed E-state index contributed by atoms with van der Waals surface area (Å²) in [6.45, 7) is 0. The maximum Gasteiger partial charge on any atom is 0.275 e. The molecule has 21 heavy (non-hydrogen) atoms. The molecule has 1 aliphatic carbocycles. The van der Waals surface area contributed by atoms with Crippen LogP contribution in [0.3, 0.4) is 0 Å². The van der Waals surface area contributed by atoms with Crippen LogP contribution in [0.15, 0.2) is 36.4 Å². The van der Waals surface area contributed by atoms with Crippen LogP contribution >= 0.6 is 0 Å². The second-order valence-electron chi connectivity index (χ2n) is 5.32. The van der Waals surface area contributed by atoms with Crippen molar-refractivity contribution < 1.29 is 4.92 Å². The van der Waals surface area contributed by atoms with E-state index in [2.05, 4.69) is 16.4 Å². The molecule has 1 heterocycles. The molecule has 0 radical (unpaired) electrons. The number of nitro groups is 1. The van der Waals surface area contributed by atoms with E-state index in [0.717, 1.165) is 5.56 Å². The molecule has 0 unspecified atom stereocenters. The van der Waals surface area contributed by atoms with E-state index < -0.39 is 0 Å². The van der Waals surface area contributed by atoms with Crippen molar-refractivity contribution >= 4 is 11.5 Å². The molecular formula is C16H17N3O2. The number of anilines is 1. The molecule has 0 aliphatic heterocycles. The third kappa shape index (κ3) is 2.59. The Hall–Kier alpha value is -2.43. The summed E-state index contributed by atoms with van der Waals surface area (Å²) in [5.41, 5.74) is 2.98. The van der Waals surface area contributed by atoms with Gasteiger partial charge in [-0.2, -0.15) is 0 Å². The number of hydrogen-bond donors (Lipinski definition) is 1. The van der Waals surface area contributed by atoms with Crippen LogP contribution in [-0.2, 0) is 0 Å². The number of pyridine rings is 1. The fraction of sp³-hybridized carbons (Fsp3) is 0.312. The van der Waals surface area contributed by atoms with E-state index in [1.54, 1.807) is 13.1 Å². The first kappa shape index (κ1) is 13.5. The summed E-state index contributed by atoms with van der Waals surface area (Å²) in [5.74, 6) is 1.07. The van der Waals surface area contributed by atoms with Gasteiger partial charge in [0.2, 0.25) is 0 Å². The standard InChI is InChI=1S/C16H17N3O2/c1-17-16-10-12(19(20)21)9-15(18-16)14-8-3-2-7-13(14)11-5-4-6-11/h2-3,7-11H,4-6H2,1H3,(H,17,18). The molecule has 0 amide bonds. The maximum absolute atomic E-state index is 11.1. The molecule has 0 atom stereocenters. The lowest BCUT2D eigenvalue weighted by atomic mass is 9.78. The van der Waals surface area contributed by atoms with Crippen LogP contribution in [0.25, 0.3) is 11.3 Å². The lowest BCUT2D eigenvalue weighted by molar-refractivity contribution is -0.384. The predicted octanol–water partition coefficient (Wildman–Crippen LogP) is 3.97. The molecule has 5 nitrogen and oxygen atoms in total. The highest BCUT2D eigenvalue weighted by Crippen LogP contribution is 2.41. The number of rotatable bonds is 4. The van der Waals surface area contributed by atoms with Crippen molar-refractivity contribution in [3.8, 4) is 11.3 Å². The molecule has 0 bridgehead atoms. The van der Waals surface area contributed by atoms with Crippen molar-refractivity contribution in [3.63, 3.8) is 0 Å². The zero-order valence-electron chi connectivity index (χ0n) is 11.9. The average Bonchev–Trinajstić information content (AvgIpc) is 2.45. The minimum Gasteiger partial charge on any atom is -0.373 e. The monoisotopic (exact) mass is 283 g/mol. The molecule has 1 aromatic heterocycles. The third-order valence-electron chi connectivity index (χ3n) is 4.06. The van der Waals surface area contributed by atoms with E-state index in [1.807, 2.05) is 18.2 Å². The van der Waals surface area contributed by atoms with E-state index in [9.17, 15) is 10.1 Å². The lowest BCUT2D eigenvalue weighted by Crippen LogP contribution is -2.10. The van der Waals surface area contributed by atoms with Crippen LogP contribution < -0.4 is 5.32 Å². The Bertz CT molecular complexity index is 681. The van der Waals surface area contributed by atoms with Gasteiger partial charge in [-0.3, -0.25) is 10.1 Å². The normalized spacial score (nSPS) is 14.5. The summed E-state index contributed by atoms with van der Waals surface area (Å²) in [6, 6.07) is 11.1. The highest BCUT2D eigenvalue weighted by Gasteiger charge is 2.23. The number of benzene rings is 1. The van der Waals surface area contributed by atoms with Crippen molar-refractivity contribution in [2.45, 2.75) is 25.2 Å². The molecule has 1 saturated carbocycles. The predicted molar refractivity (Wildman–Crippen MR) is 82.5 cm³/mol. The van der Waals surface area contributed by atoms with Crippen LogP contribution in [-0.4, -0.2) is 17.0 Å². The van der Waals surface area contributed by atoms with Gasteiger partial charge in [-0.15, -0.1) is 0 Å². The summed E-state index contributed by atoms with van der Waals surface area (Å²) < 4.78 is 0. The molecule has 2 aromatic rings. The molecule has 5 heteroatoms. The second-order valence-corrected chi connectivity index (χ2v) is 5.32. The van der Waals surface area contributed by atoms with Gasteiger partial charge in [0.1, 0.15) is 5.82 Å². The summed E-state index contributed by atoms with van der Waals surface area (Å²) in [4.78, 5) is 15.2. The van der Waals surface area contributed by atoms with Crippen LogP contribution in [0.5, 0.6) is 0 Å². The van der Waals surface area contributed by atoms with Crippen LogP contribution in [0, 0.1) is 10.1 Å². The highest BCUT2D eigenvalue weighted by atomic mass is 16.6. The van der Waals surface area contributed by atoms with Crippen molar-refractivity contribution in [1.29, 1.82) is 0 Å². The van der Waals surface area contributed by atoms with Gasteiger partial charge in [0.05, 0.1) is 16.7 Å². The lowest BCUT2D eigenvalue weighted by Gasteiger charge is -2.27. The second kappa shape index (κ2) is 5.52. The molecule has 1 aliphatic rings. The Balaban J connectivity index is 2.11. The first-order chi connectivity index (χ1) is 10.2. The minimum absolute atomic E-state index is 0.0627. The molecule has 0 spiro atoms. The van der Waals surface area contributed by atoms with E-state index in [1.165, 1.54) is 30.9 Å². The number of aromatic nitrogens is 1. The number of nitrogens with one attached hydrogen (secondary N) is 1. The average molecular weight is 283 g/mol. The van der Waals surface area contributed by atoms with Crippen molar-refractivity contribution in [2.75, 3.05) is 12.4 Å². The maximum atomic E-state index is 11.1. The van der Waals surface area contributed by atoms with Gasteiger partial charge >= 0.3 is 0 Å². The molecule has 1 aromatic carbocycles. The SMILES string of the molecule is CNc1cc([N+](=O)[O-])cc(-c2ccccc2C2CCC2)n1. The summed E-state index contributed by atoms with van der Waals surface area (Å²) in [5, 5.41) is 14.0. The molecule has 0 saturated heterocycles. The quantitative estimate of drug-likeness (QED) is 0.681. The summed E-state index contributed by atoms with van der Waals surface area (Å²) in [6.07, 6.45) is 3.62. The minimum atomic E-state index is -0.377. The van der Waals surface area contributed by atoms with Gasteiger partial charge in [-0.05, 0) is 24.3 Å². The number of hydrogen-bond acceptors (Lipinski definition) is 4. The van der Waals surface area contributed by atoms with Gasteiger partial charge in [0.15, 0.2) is 0 Å². The number of nitrogens with zero attached hydrogens (tertiary/aromatic N) is 2.